The Morgan fingerprint density at radius 1 is 0.528 bits per heavy atom. The number of rotatable bonds is 13. The van der Waals surface area contributed by atoms with E-state index in [1.807, 2.05) is 22.7 Å². The van der Waals surface area contributed by atoms with Crippen molar-refractivity contribution in [1.82, 2.24) is 0 Å². The molecule has 0 radical (unpaired) electrons. The molecule has 0 bridgehead atoms. The fourth-order valence-corrected chi connectivity index (χ4v) is 6.33. The Kier molecular flexibility index (Phi) is 9.66. The van der Waals surface area contributed by atoms with Gasteiger partial charge < -0.3 is 9.47 Å². The lowest BCUT2D eigenvalue weighted by Crippen LogP contribution is -2.11. The van der Waals surface area contributed by atoms with Crippen molar-refractivity contribution in [3.05, 3.63) is 72.8 Å². The third-order valence-electron chi connectivity index (χ3n) is 6.34. The van der Waals surface area contributed by atoms with Gasteiger partial charge >= 0.3 is 0 Å². The number of unbranched alkanes of at least 4 members (excludes halogenated alkanes) is 2. The van der Waals surface area contributed by atoms with Gasteiger partial charge in [-0.05, 0) is 111 Å². The molecule has 4 rings (SSSR count). The van der Waals surface area contributed by atoms with Crippen LogP contribution in [0.1, 0.15) is 66.2 Å². The molecule has 4 aromatic rings. The van der Waals surface area contributed by atoms with Crippen LogP contribution in [0.5, 0.6) is 11.5 Å². The average molecular weight is 519 g/mol. The summed E-state index contributed by atoms with van der Waals surface area (Å²) in [6.45, 7) is 8.75. The van der Waals surface area contributed by atoms with Crippen molar-refractivity contribution in [2.75, 3.05) is 0 Å². The molecule has 2 aromatic carbocycles. The predicted molar refractivity (Wildman–Crippen MR) is 158 cm³/mol. The van der Waals surface area contributed by atoms with Gasteiger partial charge in [0.25, 0.3) is 0 Å². The minimum atomic E-state index is 0.259. The molecular weight excluding hydrogens is 480 g/mol. The zero-order valence-electron chi connectivity index (χ0n) is 22.0. The molecule has 2 heterocycles. The first-order chi connectivity index (χ1) is 17.6. The van der Waals surface area contributed by atoms with Gasteiger partial charge in [0.2, 0.25) is 0 Å². The van der Waals surface area contributed by atoms with E-state index in [-0.39, 0.29) is 12.2 Å². The van der Waals surface area contributed by atoms with Crippen LogP contribution in [0, 0.1) is 0 Å². The molecule has 0 aliphatic heterocycles. The Bertz CT molecular complexity index is 1090. The number of hydrogen-bond donors (Lipinski definition) is 0. The van der Waals surface area contributed by atoms with Crippen LogP contribution < -0.4 is 9.47 Å². The molecule has 0 spiro atoms. The van der Waals surface area contributed by atoms with E-state index >= 15 is 0 Å². The highest BCUT2D eigenvalue weighted by atomic mass is 32.1. The van der Waals surface area contributed by atoms with Gasteiger partial charge in [-0.15, -0.1) is 22.7 Å². The fourth-order valence-electron chi connectivity index (χ4n) is 4.21. The van der Waals surface area contributed by atoms with E-state index in [2.05, 4.69) is 100 Å². The Morgan fingerprint density at radius 3 is 1.25 bits per heavy atom. The third-order valence-corrected chi connectivity index (χ3v) is 8.80. The zero-order valence-corrected chi connectivity index (χ0v) is 23.6. The molecular formula is C32H38O2S2. The molecule has 4 heteroatoms. The van der Waals surface area contributed by atoms with Crippen molar-refractivity contribution in [2.24, 2.45) is 0 Å². The van der Waals surface area contributed by atoms with Gasteiger partial charge in [0.15, 0.2) is 0 Å². The van der Waals surface area contributed by atoms with E-state index in [0.29, 0.717) is 0 Å². The summed E-state index contributed by atoms with van der Waals surface area (Å²) < 4.78 is 12.1. The Hall–Kier alpha value is -2.56. The molecule has 190 valence electrons. The molecule has 0 aliphatic carbocycles. The third kappa shape index (κ3) is 7.24. The second-order valence-electron chi connectivity index (χ2n) is 9.52. The molecule has 0 N–H and O–H groups in total. The van der Waals surface area contributed by atoms with Crippen LogP contribution in [0.2, 0.25) is 0 Å². The highest BCUT2D eigenvalue weighted by Gasteiger charge is 2.11. The zero-order chi connectivity index (χ0) is 25.3. The van der Waals surface area contributed by atoms with Crippen molar-refractivity contribution in [2.45, 2.75) is 78.4 Å². The standard InChI is InChI=1S/C32H38O2S2/c1-5-7-9-23(3)33-27-15-11-25(12-16-27)29-19-21-31(35-29)32-22-20-30(36-32)26-13-17-28(18-14-26)34-24(4)10-8-6-2/h11-24H,5-10H2,1-4H3. The van der Waals surface area contributed by atoms with E-state index in [4.69, 9.17) is 9.47 Å². The molecule has 0 saturated carbocycles. The molecule has 2 unspecified atom stereocenters. The maximum Gasteiger partial charge on any atom is 0.119 e. The minimum Gasteiger partial charge on any atom is -0.491 e. The summed E-state index contributed by atoms with van der Waals surface area (Å²) in [5, 5.41) is 0. The largest absolute Gasteiger partial charge is 0.491 e. The minimum absolute atomic E-state index is 0.259. The normalized spacial score (nSPS) is 12.9. The summed E-state index contributed by atoms with van der Waals surface area (Å²) in [5.74, 6) is 1.91. The van der Waals surface area contributed by atoms with Crippen LogP contribution in [0.25, 0.3) is 30.6 Å². The van der Waals surface area contributed by atoms with E-state index in [9.17, 15) is 0 Å². The molecule has 0 amide bonds. The monoisotopic (exact) mass is 518 g/mol. The lowest BCUT2D eigenvalue weighted by molar-refractivity contribution is 0.207. The number of benzene rings is 2. The molecule has 2 aromatic heterocycles. The Balaban J connectivity index is 1.38. The average Bonchev–Trinajstić information content (AvgIpc) is 3.57. The lowest BCUT2D eigenvalue weighted by atomic mass is 10.1. The van der Waals surface area contributed by atoms with Crippen molar-refractivity contribution in [1.29, 1.82) is 0 Å². The quantitative estimate of drug-likeness (QED) is 0.175. The number of hydrogen-bond acceptors (Lipinski definition) is 4. The predicted octanol–water partition coefficient (Wildman–Crippen LogP) is 10.7. The van der Waals surface area contributed by atoms with Crippen LogP contribution in [-0.4, -0.2) is 12.2 Å². The first-order valence-corrected chi connectivity index (χ1v) is 14.9. The molecule has 0 saturated heterocycles. The molecule has 2 atom stereocenters. The van der Waals surface area contributed by atoms with Gasteiger partial charge in [-0.1, -0.05) is 39.5 Å². The topological polar surface area (TPSA) is 18.5 Å². The van der Waals surface area contributed by atoms with Crippen LogP contribution in [-0.2, 0) is 0 Å². The van der Waals surface area contributed by atoms with Crippen LogP contribution in [0.3, 0.4) is 0 Å². The number of ether oxygens (including phenoxy) is 2. The second kappa shape index (κ2) is 13.1. The smallest absolute Gasteiger partial charge is 0.119 e. The molecule has 2 nitrogen and oxygen atoms in total. The first kappa shape index (κ1) is 26.5. The van der Waals surface area contributed by atoms with Gasteiger partial charge in [0.05, 0.1) is 12.2 Å². The summed E-state index contributed by atoms with van der Waals surface area (Å²) in [6.07, 6.45) is 7.55. The van der Waals surface area contributed by atoms with E-state index in [1.54, 1.807) is 0 Å². The van der Waals surface area contributed by atoms with Crippen molar-refractivity contribution in [3.8, 4) is 42.1 Å². The summed E-state index contributed by atoms with van der Waals surface area (Å²) in [5.41, 5.74) is 2.47. The maximum atomic E-state index is 6.07. The highest BCUT2D eigenvalue weighted by molar-refractivity contribution is 7.25. The Morgan fingerprint density at radius 2 is 0.889 bits per heavy atom. The summed E-state index contributed by atoms with van der Waals surface area (Å²) in [4.78, 5) is 5.17. The highest BCUT2D eigenvalue weighted by Crippen LogP contribution is 2.40. The summed E-state index contributed by atoms with van der Waals surface area (Å²) in [7, 11) is 0. The molecule has 0 aliphatic rings. The van der Waals surface area contributed by atoms with Gasteiger partial charge in [-0.3, -0.25) is 0 Å². The van der Waals surface area contributed by atoms with Gasteiger partial charge in [0.1, 0.15) is 11.5 Å². The molecule has 36 heavy (non-hydrogen) atoms. The van der Waals surface area contributed by atoms with Crippen molar-refractivity contribution < 1.29 is 9.47 Å². The maximum absolute atomic E-state index is 6.07. The van der Waals surface area contributed by atoms with Gasteiger partial charge in [-0.25, -0.2) is 0 Å². The summed E-state index contributed by atoms with van der Waals surface area (Å²) in [6, 6.07) is 26.0. The SMILES string of the molecule is CCCCC(C)Oc1ccc(-c2ccc(-c3ccc(-c4ccc(OC(C)CCCC)cc4)s3)s2)cc1. The van der Waals surface area contributed by atoms with E-state index < -0.39 is 0 Å². The number of thiophene rings is 2. The molecule has 0 fully saturated rings. The fraction of sp³-hybridized carbons (Fsp3) is 0.375. The Labute approximate surface area is 224 Å². The van der Waals surface area contributed by atoms with Crippen LogP contribution in [0.15, 0.2) is 72.8 Å². The van der Waals surface area contributed by atoms with Crippen LogP contribution >= 0.6 is 22.7 Å². The lowest BCUT2D eigenvalue weighted by Gasteiger charge is -2.14. The van der Waals surface area contributed by atoms with E-state index in [0.717, 1.165) is 24.3 Å². The van der Waals surface area contributed by atoms with Gasteiger partial charge in [0, 0.05) is 19.5 Å². The van der Waals surface area contributed by atoms with Gasteiger partial charge in [-0.2, -0.15) is 0 Å². The van der Waals surface area contributed by atoms with Crippen molar-refractivity contribution in [3.63, 3.8) is 0 Å². The van der Waals surface area contributed by atoms with Crippen molar-refractivity contribution >= 4 is 22.7 Å². The second-order valence-corrected chi connectivity index (χ2v) is 11.7. The van der Waals surface area contributed by atoms with E-state index in [1.165, 1.54) is 56.3 Å². The summed E-state index contributed by atoms with van der Waals surface area (Å²) >= 11 is 3.69. The van der Waals surface area contributed by atoms with Crippen LogP contribution in [0.4, 0.5) is 0 Å². The first-order valence-electron chi connectivity index (χ1n) is 13.3.